The average Bonchev–Trinajstić information content (AvgIpc) is 3.26. The number of carbonyl (C=O) groups excluding carboxylic acids is 1. The van der Waals surface area contributed by atoms with Crippen molar-refractivity contribution in [2.24, 2.45) is 0 Å². The van der Waals surface area contributed by atoms with E-state index < -0.39 is 10.0 Å². The van der Waals surface area contributed by atoms with E-state index in [9.17, 15) is 13.2 Å². The number of carbonyl (C=O) groups is 1. The summed E-state index contributed by atoms with van der Waals surface area (Å²) in [4.78, 5) is 13.1. The zero-order chi connectivity index (χ0) is 23.6. The summed E-state index contributed by atoms with van der Waals surface area (Å²) in [5.41, 5.74) is 5.05. The number of rotatable bonds is 7. The van der Waals surface area contributed by atoms with Crippen LogP contribution in [0.2, 0.25) is 5.02 Å². The molecule has 0 bridgehead atoms. The minimum atomic E-state index is -3.96. The summed E-state index contributed by atoms with van der Waals surface area (Å²) in [6.45, 7) is 3.46. The van der Waals surface area contributed by atoms with Crippen LogP contribution in [0.15, 0.2) is 71.6 Å². The van der Waals surface area contributed by atoms with Gasteiger partial charge in [0.2, 0.25) is 5.91 Å². The zero-order valence-electron chi connectivity index (χ0n) is 18.7. The molecule has 0 aromatic heterocycles. The second-order valence-electron chi connectivity index (χ2n) is 8.47. The number of amides is 1. The van der Waals surface area contributed by atoms with Gasteiger partial charge in [-0.25, -0.2) is 8.42 Å². The van der Waals surface area contributed by atoms with Gasteiger partial charge in [-0.1, -0.05) is 47.5 Å². The highest BCUT2D eigenvalue weighted by atomic mass is 35.5. The van der Waals surface area contributed by atoms with Crippen LogP contribution < -0.4 is 9.62 Å². The number of benzene rings is 3. The monoisotopic (exact) mass is 482 g/mol. The van der Waals surface area contributed by atoms with E-state index in [-0.39, 0.29) is 23.4 Å². The number of halogens is 1. The second-order valence-corrected chi connectivity index (χ2v) is 10.8. The van der Waals surface area contributed by atoms with Crippen LogP contribution in [0, 0.1) is 6.92 Å². The molecule has 5 nitrogen and oxygen atoms in total. The van der Waals surface area contributed by atoms with Crippen molar-refractivity contribution in [1.82, 2.24) is 5.32 Å². The van der Waals surface area contributed by atoms with E-state index in [0.717, 1.165) is 34.7 Å². The Morgan fingerprint density at radius 3 is 2.36 bits per heavy atom. The Bertz CT molecular complexity index is 1260. The normalized spacial score (nSPS) is 13.9. The van der Waals surface area contributed by atoms with E-state index in [1.165, 1.54) is 11.1 Å². The molecule has 1 aliphatic carbocycles. The molecule has 1 atom stereocenters. The highest BCUT2D eigenvalue weighted by Crippen LogP contribution is 2.27. The molecule has 172 valence electrons. The summed E-state index contributed by atoms with van der Waals surface area (Å²) in [6.07, 6.45) is 3.32. The van der Waals surface area contributed by atoms with Gasteiger partial charge in [-0.3, -0.25) is 9.10 Å². The highest BCUT2D eigenvalue weighted by molar-refractivity contribution is 7.92. The second kappa shape index (κ2) is 9.57. The summed E-state index contributed by atoms with van der Waals surface area (Å²) in [6, 6.07) is 19.1. The zero-order valence-corrected chi connectivity index (χ0v) is 20.3. The van der Waals surface area contributed by atoms with Gasteiger partial charge in [0.1, 0.15) is 6.54 Å². The van der Waals surface area contributed by atoms with Gasteiger partial charge in [-0.05, 0) is 86.2 Å². The lowest BCUT2D eigenvalue weighted by molar-refractivity contribution is -0.120. The molecule has 1 unspecified atom stereocenters. The number of hydrogen-bond donors (Lipinski definition) is 1. The summed E-state index contributed by atoms with van der Waals surface area (Å²) < 4.78 is 28.0. The standard InChI is InChI=1S/C26H27ClN2O3S/c1-18-6-14-25(15-7-18)33(31,32)29(24-12-10-23(27)11-13-24)17-26(30)28-19(2)21-9-8-20-4-3-5-22(20)16-21/h6-16,19H,3-5,17H2,1-2H3,(H,28,30). The SMILES string of the molecule is Cc1ccc(S(=O)(=O)N(CC(=O)NC(C)c2ccc3c(c2)CCC3)c2ccc(Cl)cc2)cc1. The average molecular weight is 483 g/mol. The van der Waals surface area contributed by atoms with E-state index in [1.54, 1.807) is 48.5 Å². The molecule has 0 fully saturated rings. The van der Waals surface area contributed by atoms with Gasteiger partial charge < -0.3 is 5.32 Å². The number of fused-ring (bicyclic) bond motifs is 1. The largest absolute Gasteiger partial charge is 0.348 e. The van der Waals surface area contributed by atoms with Gasteiger partial charge in [0.15, 0.2) is 0 Å². The molecule has 0 saturated carbocycles. The number of anilines is 1. The Morgan fingerprint density at radius 2 is 1.67 bits per heavy atom. The predicted molar refractivity (Wildman–Crippen MR) is 132 cm³/mol. The highest BCUT2D eigenvalue weighted by Gasteiger charge is 2.28. The Balaban J connectivity index is 1.57. The predicted octanol–water partition coefficient (Wildman–Crippen LogP) is 5.21. The molecule has 1 amide bonds. The van der Waals surface area contributed by atoms with Crippen LogP contribution in [0.4, 0.5) is 5.69 Å². The lowest BCUT2D eigenvalue weighted by atomic mass is 10.0. The summed E-state index contributed by atoms with van der Waals surface area (Å²) in [7, 11) is -3.96. The fraction of sp³-hybridized carbons (Fsp3) is 0.269. The van der Waals surface area contributed by atoms with E-state index >= 15 is 0 Å². The molecule has 33 heavy (non-hydrogen) atoms. The molecule has 0 aliphatic heterocycles. The number of hydrogen-bond acceptors (Lipinski definition) is 3. The van der Waals surface area contributed by atoms with Gasteiger partial charge in [0, 0.05) is 5.02 Å². The quantitative estimate of drug-likeness (QED) is 0.502. The van der Waals surface area contributed by atoms with E-state index in [2.05, 4.69) is 17.4 Å². The molecule has 7 heteroatoms. The van der Waals surface area contributed by atoms with Crippen molar-refractivity contribution in [2.45, 2.75) is 44.0 Å². The van der Waals surface area contributed by atoms with Gasteiger partial charge in [-0.15, -0.1) is 0 Å². The van der Waals surface area contributed by atoms with E-state index in [1.807, 2.05) is 19.9 Å². The van der Waals surface area contributed by atoms with Crippen molar-refractivity contribution < 1.29 is 13.2 Å². The Kier molecular flexibility index (Phi) is 6.77. The number of nitrogens with one attached hydrogen (secondary N) is 1. The maximum atomic E-state index is 13.5. The summed E-state index contributed by atoms with van der Waals surface area (Å²) in [5.74, 6) is -0.381. The molecule has 0 heterocycles. The lowest BCUT2D eigenvalue weighted by Gasteiger charge is -2.25. The van der Waals surface area contributed by atoms with Gasteiger partial charge in [0.05, 0.1) is 16.6 Å². The summed E-state index contributed by atoms with van der Waals surface area (Å²) >= 11 is 6.00. The fourth-order valence-corrected chi connectivity index (χ4v) is 5.67. The van der Waals surface area contributed by atoms with Gasteiger partial charge >= 0.3 is 0 Å². The van der Waals surface area contributed by atoms with Crippen LogP contribution >= 0.6 is 11.6 Å². The van der Waals surface area contributed by atoms with Crippen molar-refractivity contribution in [3.05, 3.63) is 94.0 Å². The third-order valence-corrected chi connectivity index (χ3v) is 8.05. The first-order chi connectivity index (χ1) is 15.7. The maximum absolute atomic E-state index is 13.5. The van der Waals surface area contributed by atoms with Crippen LogP contribution in [0.25, 0.3) is 0 Å². The molecular formula is C26H27ClN2O3S. The molecule has 1 aliphatic rings. The Hall–Kier alpha value is -2.83. The van der Waals surface area contributed by atoms with Crippen LogP contribution in [0.5, 0.6) is 0 Å². The van der Waals surface area contributed by atoms with E-state index in [0.29, 0.717) is 10.7 Å². The van der Waals surface area contributed by atoms with Crippen LogP contribution in [-0.4, -0.2) is 20.9 Å². The minimum absolute atomic E-state index is 0.127. The third-order valence-electron chi connectivity index (χ3n) is 6.01. The lowest BCUT2D eigenvalue weighted by Crippen LogP contribution is -2.41. The van der Waals surface area contributed by atoms with Crippen molar-refractivity contribution in [3.8, 4) is 0 Å². The van der Waals surface area contributed by atoms with Crippen molar-refractivity contribution >= 4 is 33.2 Å². The fourth-order valence-electron chi connectivity index (χ4n) is 4.12. The molecule has 4 rings (SSSR count). The number of aryl methyl sites for hydroxylation is 3. The Labute approximate surface area is 200 Å². The molecule has 0 saturated heterocycles. The third kappa shape index (κ3) is 5.23. The van der Waals surface area contributed by atoms with Gasteiger partial charge in [0.25, 0.3) is 10.0 Å². The van der Waals surface area contributed by atoms with Crippen molar-refractivity contribution in [2.75, 3.05) is 10.8 Å². The summed E-state index contributed by atoms with van der Waals surface area (Å²) in [5, 5.41) is 3.45. The molecule has 1 N–H and O–H groups in total. The van der Waals surface area contributed by atoms with Crippen LogP contribution in [0.3, 0.4) is 0 Å². The molecule has 0 radical (unpaired) electrons. The van der Waals surface area contributed by atoms with E-state index in [4.69, 9.17) is 11.6 Å². The van der Waals surface area contributed by atoms with Crippen molar-refractivity contribution in [1.29, 1.82) is 0 Å². The smallest absolute Gasteiger partial charge is 0.264 e. The van der Waals surface area contributed by atoms with Crippen LogP contribution in [-0.2, 0) is 27.7 Å². The molecular weight excluding hydrogens is 456 g/mol. The Morgan fingerprint density at radius 1 is 1.00 bits per heavy atom. The van der Waals surface area contributed by atoms with Gasteiger partial charge in [-0.2, -0.15) is 0 Å². The van der Waals surface area contributed by atoms with Crippen molar-refractivity contribution in [3.63, 3.8) is 0 Å². The molecule has 3 aromatic carbocycles. The molecule has 3 aromatic rings. The first-order valence-corrected chi connectivity index (χ1v) is 12.8. The first-order valence-electron chi connectivity index (χ1n) is 11.0. The molecule has 0 spiro atoms. The number of nitrogens with zero attached hydrogens (tertiary/aromatic N) is 1. The number of sulfonamides is 1. The minimum Gasteiger partial charge on any atom is -0.348 e. The first kappa shape index (κ1) is 23.3. The maximum Gasteiger partial charge on any atom is 0.264 e. The topological polar surface area (TPSA) is 66.5 Å². The van der Waals surface area contributed by atoms with Crippen LogP contribution in [0.1, 0.15) is 41.6 Å².